The second-order valence-corrected chi connectivity index (χ2v) is 9.46. The third-order valence-corrected chi connectivity index (χ3v) is 7.04. The second kappa shape index (κ2) is 6.83. The molecule has 0 aromatic heterocycles. The van der Waals surface area contributed by atoms with Gasteiger partial charge in [0.1, 0.15) is 11.5 Å². The molecule has 2 aromatic rings. The fourth-order valence-electron chi connectivity index (χ4n) is 4.22. The van der Waals surface area contributed by atoms with E-state index in [0.717, 1.165) is 23.2 Å². The molecule has 1 aliphatic carbocycles. The molecule has 2 aliphatic rings. The first-order valence-electron chi connectivity index (χ1n) is 9.37. The van der Waals surface area contributed by atoms with Crippen LogP contribution in [0.2, 0.25) is 0 Å². The normalized spacial score (nSPS) is 23.3. The van der Waals surface area contributed by atoms with Crippen LogP contribution in [0.3, 0.4) is 0 Å². The van der Waals surface area contributed by atoms with Gasteiger partial charge in [-0.15, -0.1) is 0 Å². The number of anilines is 1. The van der Waals surface area contributed by atoms with Gasteiger partial charge in [-0.1, -0.05) is 12.2 Å². The molecular weight excluding hydrogens is 376 g/mol. The van der Waals surface area contributed by atoms with E-state index in [1.54, 1.807) is 44.2 Å². The number of phenols is 2. The van der Waals surface area contributed by atoms with E-state index in [0.29, 0.717) is 0 Å². The molecule has 0 saturated heterocycles. The molecule has 0 bridgehead atoms. The van der Waals surface area contributed by atoms with Crippen molar-refractivity contribution in [3.8, 4) is 11.5 Å². The number of nitrogens with one attached hydrogen (secondary N) is 2. The molecule has 7 heteroatoms. The first-order chi connectivity index (χ1) is 13.3. The van der Waals surface area contributed by atoms with Gasteiger partial charge in [0.05, 0.1) is 10.9 Å². The van der Waals surface area contributed by atoms with E-state index in [2.05, 4.69) is 22.2 Å². The van der Waals surface area contributed by atoms with Crippen LogP contribution in [0, 0.1) is 5.92 Å². The molecule has 4 N–H and O–H groups in total. The predicted molar refractivity (Wildman–Crippen MR) is 108 cm³/mol. The quantitative estimate of drug-likeness (QED) is 0.588. The van der Waals surface area contributed by atoms with Crippen LogP contribution in [0.4, 0.5) is 5.69 Å². The van der Waals surface area contributed by atoms with Crippen molar-refractivity contribution in [2.45, 2.75) is 43.2 Å². The summed E-state index contributed by atoms with van der Waals surface area (Å²) in [5.74, 6) is 0.278. The lowest BCUT2D eigenvalue weighted by Gasteiger charge is -2.38. The molecule has 28 heavy (non-hydrogen) atoms. The molecule has 4 rings (SSSR count). The Hall–Kier alpha value is -2.51. The zero-order valence-corrected chi connectivity index (χ0v) is 16.6. The number of benzene rings is 2. The van der Waals surface area contributed by atoms with Crippen LogP contribution in [0.15, 0.2) is 53.4 Å². The van der Waals surface area contributed by atoms with Gasteiger partial charge in [0.2, 0.25) is 10.0 Å². The fraction of sp³-hybridized carbons (Fsp3) is 0.333. The summed E-state index contributed by atoms with van der Waals surface area (Å²) >= 11 is 0. The molecule has 3 atom stereocenters. The molecule has 0 radical (unpaired) electrons. The van der Waals surface area contributed by atoms with Crippen molar-refractivity contribution in [3.63, 3.8) is 0 Å². The standard InChI is InChI=1S/C21H24N2O4S/c1-12(2)23-28(26,27)14-7-9-19-18(11-14)15-4-3-5-16(15)21(22-19)17-8-6-13(24)10-20(17)25/h3-4,6-12,15-16,21-25H,5H2,1-2H3. The van der Waals surface area contributed by atoms with Crippen LogP contribution in [-0.2, 0) is 10.0 Å². The smallest absolute Gasteiger partial charge is 0.240 e. The summed E-state index contributed by atoms with van der Waals surface area (Å²) in [6.07, 6.45) is 5.04. The molecular formula is C21H24N2O4S. The minimum absolute atomic E-state index is 0.0195. The second-order valence-electron chi connectivity index (χ2n) is 7.74. The Morgan fingerprint density at radius 1 is 1.11 bits per heavy atom. The summed E-state index contributed by atoms with van der Waals surface area (Å²) in [5, 5.41) is 23.4. The summed E-state index contributed by atoms with van der Waals surface area (Å²) < 4.78 is 27.8. The largest absolute Gasteiger partial charge is 0.508 e. The maximum Gasteiger partial charge on any atom is 0.240 e. The van der Waals surface area contributed by atoms with Gasteiger partial charge >= 0.3 is 0 Å². The molecule has 2 aromatic carbocycles. The van der Waals surface area contributed by atoms with E-state index in [4.69, 9.17) is 0 Å². The van der Waals surface area contributed by atoms with Gasteiger partial charge < -0.3 is 15.5 Å². The average Bonchev–Trinajstić information content (AvgIpc) is 3.10. The lowest BCUT2D eigenvalue weighted by atomic mass is 9.77. The van der Waals surface area contributed by atoms with Crippen LogP contribution < -0.4 is 10.0 Å². The van der Waals surface area contributed by atoms with Crippen molar-refractivity contribution in [2.24, 2.45) is 5.92 Å². The average molecular weight is 401 g/mol. The Kier molecular flexibility index (Phi) is 4.59. The van der Waals surface area contributed by atoms with Gasteiger partial charge in [0.25, 0.3) is 0 Å². The van der Waals surface area contributed by atoms with Crippen molar-refractivity contribution in [1.82, 2.24) is 4.72 Å². The number of phenolic OH excluding ortho intramolecular Hbond substituents is 2. The summed E-state index contributed by atoms with van der Waals surface area (Å²) in [6, 6.07) is 9.46. The van der Waals surface area contributed by atoms with Crippen LogP contribution in [0.25, 0.3) is 0 Å². The van der Waals surface area contributed by atoms with Gasteiger partial charge in [0.15, 0.2) is 0 Å². The van der Waals surface area contributed by atoms with Gasteiger partial charge in [-0.2, -0.15) is 0 Å². The number of hydrogen-bond donors (Lipinski definition) is 4. The number of rotatable bonds is 4. The van der Waals surface area contributed by atoms with E-state index in [-0.39, 0.29) is 40.3 Å². The SMILES string of the molecule is CC(C)NS(=O)(=O)c1ccc2c(c1)C1C=CCC1C(c1ccc(O)cc1O)N2. The van der Waals surface area contributed by atoms with E-state index < -0.39 is 10.0 Å². The lowest BCUT2D eigenvalue weighted by Crippen LogP contribution is -2.31. The van der Waals surface area contributed by atoms with Gasteiger partial charge in [-0.3, -0.25) is 0 Å². The minimum Gasteiger partial charge on any atom is -0.508 e. The third kappa shape index (κ3) is 3.25. The topological polar surface area (TPSA) is 98.7 Å². The summed E-state index contributed by atoms with van der Waals surface area (Å²) in [7, 11) is -3.57. The summed E-state index contributed by atoms with van der Waals surface area (Å²) in [5.41, 5.74) is 2.52. The van der Waals surface area contributed by atoms with E-state index in [9.17, 15) is 18.6 Å². The van der Waals surface area contributed by atoms with Crippen LogP contribution >= 0.6 is 0 Å². The number of fused-ring (bicyclic) bond motifs is 3. The molecule has 1 aliphatic heterocycles. The molecule has 1 heterocycles. The summed E-state index contributed by atoms with van der Waals surface area (Å²) in [4.78, 5) is 0.256. The van der Waals surface area contributed by atoms with Crippen LogP contribution in [0.5, 0.6) is 11.5 Å². The van der Waals surface area contributed by atoms with Crippen molar-refractivity contribution >= 4 is 15.7 Å². The summed E-state index contributed by atoms with van der Waals surface area (Å²) in [6.45, 7) is 3.59. The Balaban J connectivity index is 1.75. The number of hydrogen-bond acceptors (Lipinski definition) is 5. The lowest BCUT2D eigenvalue weighted by molar-refractivity contribution is 0.398. The van der Waals surface area contributed by atoms with E-state index in [1.807, 2.05) is 0 Å². The molecule has 3 unspecified atom stereocenters. The molecule has 148 valence electrons. The monoisotopic (exact) mass is 400 g/mol. The van der Waals surface area contributed by atoms with Gasteiger partial charge in [-0.05, 0) is 62.1 Å². The number of sulfonamides is 1. The van der Waals surface area contributed by atoms with Gasteiger partial charge in [-0.25, -0.2) is 13.1 Å². The first-order valence-corrected chi connectivity index (χ1v) is 10.9. The van der Waals surface area contributed by atoms with E-state index >= 15 is 0 Å². The maximum atomic E-state index is 12.6. The number of aromatic hydroxyl groups is 2. The predicted octanol–water partition coefficient (Wildman–Crippen LogP) is 3.61. The molecule has 0 fully saturated rings. The van der Waals surface area contributed by atoms with Crippen molar-refractivity contribution in [2.75, 3.05) is 5.32 Å². The van der Waals surface area contributed by atoms with Crippen LogP contribution in [0.1, 0.15) is 43.4 Å². The highest BCUT2D eigenvalue weighted by atomic mass is 32.2. The van der Waals surface area contributed by atoms with E-state index in [1.165, 1.54) is 6.07 Å². The fourth-order valence-corrected chi connectivity index (χ4v) is 5.51. The maximum absolute atomic E-state index is 12.6. The van der Waals surface area contributed by atoms with Crippen molar-refractivity contribution in [3.05, 3.63) is 59.7 Å². The first kappa shape index (κ1) is 18.8. The Labute approximate surface area is 165 Å². The third-order valence-electron chi connectivity index (χ3n) is 5.38. The minimum atomic E-state index is -3.57. The zero-order chi connectivity index (χ0) is 20.1. The Morgan fingerprint density at radius 3 is 2.61 bits per heavy atom. The Bertz CT molecular complexity index is 1050. The molecule has 0 amide bonds. The molecule has 0 spiro atoms. The van der Waals surface area contributed by atoms with Gasteiger partial charge in [0, 0.05) is 29.3 Å². The number of allylic oxidation sites excluding steroid dienone is 2. The highest BCUT2D eigenvalue weighted by Crippen LogP contribution is 2.51. The van der Waals surface area contributed by atoms with Crippen molar-refractivity contribution < 1.29 is 18.6 Å². The Morgan fingerprint density at radius 2 is 1.89 bits per heavy atom. The van der Waals surface area contributed by atoms with Crippen LogP contribution in [-0.4, -0.2) is 24.7 Å². The highest BCUT2D eigenvalue weighted by molar-refractivity contribution is 7.89. The van der Waals surface area contributed by atoms with Crippen molar-refractivity contribution in [1.29, 1.82) is 0 Å². The highest BCUT2D eigenvalue weighted by Gasteiger charge is 2.39. The molecule has 0 saturated carbocycles. The zero-order valence-electron chi connectivity index (χ0n) is 15.8. The molecule has 6 nitrogen and oxygen atoms in total.